The van der Waals surface area contributed by atoms with Gasteiger partial charge in [0.25, 0.3) is 0 Å². The van der Waals surface area contributed by atoms with Crippen LogP contribution in [0.4, 0.5) is 0 Å². The summed E-state index contributed by atoms with van der Waals surface area (Å²) in [6, 6.07) is 8.35. The van der Waals surface area contributed by atoms with Crippen molar-refractivity contribution < 1.29 is 4.74 Å². The normalized spacial score (nSPS) is 13.1. The molecule has 0 spiro atoms. The van der Waals surface area contributed by atoms with E-state index in [9.17, 15) is 0 Å². The average molecular weight is 333 g/mol. The van der Waals surface area contributed by atoms with Crippen LogP contribution >= 0.6 is 11.3 Å². The highest BCUT2D eigenvalue weighted by atomic mass is 32.1. The minimum absolute atomic E-state index is 0.0894. The van der Waals surface area contributed by atoms with Crippen LogP contribution in [0.15, 0.2) is 29.6 Å². The number of hydrogen-bond acceptors (Lipinski definition) is 4. The van der Waals surface area contributed by atoms with E-state index in [1.54, 1.807) is 11.3 Å². The Labute approximate surface area is 143 Å². The van der Waals surface area contributed by atoms with Crippen LogP contribution in [0.2, 0.25) is 0 Å². The fraction of sp³-hybridized carbons (Fsp3) is 0.526. The molecule has 0 amide bonds. The summed E-state index contributed by atoms with van der Waals surface area (Å²) in [7, 11) is 0. The van der Waals surface area contributed by atoms with Crippen molar-refractivity contribution in [3.05, 3.63) is 45.9 Å². The molecule has 0 aliphatic carbocycles. The molecular formula is C19H28N2OS. The summed E-state index contributed by atoms with van der Waals surface area (Å²) in [5.41, 5.74) is 8.52. The maximum absolute atomic E-state index is 6.01. The van der Waals surface area contributed by atoms with Crippen molar-refractivity contribution >= 4 is 11.3 Å². The highest BCUT2D eigenvalue weighted by Crippen LogP contribution is 2.29. The van der Waals surface area contributed by atoms with E-state index < -0.39 is 0 Å². The lowest BCUT2D eigenvalue weighted by molar-refractivity contribution is 0.317. The van der Waals surface area contributed by atoms with Crippen molar-refractivity contribution in [2.75, 3.05) is 13.2 Å². The van der Waals surface area contributed by atoms with E-state index in [-0.39, 0.29) is 11.3 Å². The van der Waals surface area contributed by atoms with Crippen LogP contribution in [-0.4, -0.2) is 18.1 Å². The van der Waals surface area contributed by atoms with E-state index in [1.165, 1.54) is 5.56 Å². The summed E-state index contributed by atoms with van der Waals surface area (Å²) < 4.78 is 5.63. The van der Waals surface area contributed by atoms with Crippen molar-refractivity contribution in [2.45, 2.75) is 51.9 Å². The lowest BCUT2D eigenvalue weighted by Gasteiger charge is -2.16. The number of nitrogens with zero attached hydrogens (tertiary/aromatic N) is 1. The molecule has 2 N–H and O–H groups in total. The molecule has 0 bridgehead atoms. The SMILES string of the molecule is CCCOc1ccc(CC(CN)c2nc(C(C)(C)C)cs2)cc1. The first-order chi connectivity index (χ1) is 10.9. The van der Waals surface area contributed by atoms with Gasteiger partial charge in [-0.25, -0.2) is 4.98 Å². The van der Waals surface area contributed by atoms with E-state index in [1.807, 2.05) is 12.1 Å². The molecule has 0 fully saturated rings. The molecular weight excluding hydrogens is 304 g/mol. The van der Waals surface area contributed by atoms with Crippen molar-refractivity contribution in [1.29, 1.82) is 0 Å². The summed E-state index contributed by atoms with van der Waals surface area (Å²) in [5.74, 6) is 1.21. The lowest BCUT2D eigenvalue weighted by Crippen LogP contribution is -2.16. The molecule has 0 aliphatic heterocycles. The molecule has 1 heterocycles. The zero-order chi connectivity index (χ0) is 16.9. The third kappa shape index (κ3) is 5.05. The van der Waals surface area contributed by atoms with Gasteiger partial charge in [-0.2, -0.15) is 0 Å². The van der Waals surface area contributed by atoms with Gasteiger partial charge in [-0.05, 0) is 30.5 Å². The minimum atomic E-state index is 0.0894. The summed E-state index contributed by atoms with van der Waals surface area (Å²) >= 11 is 1.73. The van der Waals surface area contributed by atoms with Crippen LogP contribution in [0.25, 0.3) is 0 Å². The van der Waals surface area contributed by atoms with E-state index in [4.69, 9.17) is 15.5 Å². The van der Waals surface area contributed by atoms with Crippen molar-refractivity contribution in [2.24, 2.45) is 5.73 Å². The summed E-state index contributed by atoms with van der Waals surface area (Å²) in [6.07, 6.45) is 1.94. The Morgan fingerprint density at radius 3 is 2.43 bits per heavy atom. The van der Waals surface area contributed by atoms with Gasteiger partial charge in [-0.15, -0.1) is 11.3 Å². The topological polar surface area (TPSA) is 48.1 Å². The predicted octanol–water partition coefficient (Wildman–Crippen LogP) is 4.51. The zero-order valence-electron chi connectivity index (χ0n) is 14.6. The van der Waals surface area contributed by atoms with E-state index >= 15 is 0 Å². The number of nitrogens with two attached hydrogens (primary N) is 1. The van der Waals surface area contributed by atoms with Crippen LogP contribution in [0.5, 0.6) is 5.75 Å². The fourth-order valence-electron chi connectivity index (χ4n) is 2.32. The van der Waals surface area contributed by atoms with Gasteiger partial charge in [0.1, 0.15) is 5.75 Å². The van der Waals surface area contributed by atoms with Crippen molar-refractivity contribution in [3.8, 4) is 5.75 Å². The Balaban J connectivity index is 2.05. The molecule has 4 heteroatoms. The monoisotopic (exact) mass is 332 g/mol. The van der Waals surface area contributed by atoms with Crippen LogP contribution in [-0.2, 0) is 11.8 Å². The molecule has 1 aromatic heterocycles. The molecule has 2 aromatic rings. The van der Waals surface area contributed by atoms with Gasteiger partial charge in [0.15, 0.2) is 0 Å². The minimum Gasteiger partial charge on any atom is -0.494 e. The van der Waals surface area contributed by atoms with E-state index in [0.29, 0.717) is 6.54 Å². The largest absolute Gasteiger partial charge is 0.494 e. The van der Waals surface area contributed by atoms with Gasteiger partial charge >= 0.3 is 0 Å². The zero-order valence-corrected chi connectivity index (χ0v) is 15.5. The molecule has 2 rings (SSSR count). The molecule has 1 unspecified atom stereocenters. The number of ether oxygens (including phenoxy) is 1. The van der Waals surface area contributed by atoms with E-state index in [2.05, 4.69) is 45.2 Å². The number of benzene rings is 1. The number of hydrogen-bond donors (Lipinski definition) is 1. The van der Waals surface area contributed by atoms with Crippen LogP contribution in [0.3, 0.4) is 0 Å². The van der Waals surface area contributed by atoms with Crippen LogP contribution in [0.1, 0.15) is 56.3 Å². The van der Waals surface area contributed by atoms with Gasteiger partial charge in [-0.3, -0.25) is 0 Å². The molecule has 23 heavy (non-hydrogen) atoms. The average Bonchev–Trinajstić information content (AvgIpc) is 3.01. The van der Waals surface area contributed by atoms with Gasteiger partial charge < -0.3 is 10.5 Å². The fourth-order valence-corrected chi connectivity index (χ4v) is 3.48. The lowest BCUT2D eigenvalue weighted by atomic mass is 9.93. The van der Waals surface area contributed by atoms with Gasteiger partial charge in [0.05, 0.1) is 17.3 Å². The second-order valence-electron chi connectivity index (χ2n) is 6.95. The molecule has 126 valence electrons. The molecule has 3 nitrogen and oxygen atoms in total. The molecule has 0 saturated heterocycles. The smallest absolute Gasteiger partial charge is 0.119 e. The highest BCUT2D eigenvalue weighted by molar-refractivity contribution is 7.09. The van der Waals surface area contributed by atoms with Crippen molar-refractivity contribution in [3.63, 3.8) is 0 Å². The van der Waals surface area contributed by atoms with Crippen LogP contribution in [0, 0.1) is 0 Å². The summed E-state index contributed by atoms with van der Waals surface area (Å²) in [6.45, 7) is 10.1. The van der Waals surface area contributed by atoms with Gasteiger partial charge in [-0.1, -0.05) is 39.8 Å². The third-order valence-corrected chi connectivity index (χ3v) is 4.81. The molecule has 1 atom stereocenters. The number of rotatable bonds is 7. The molecule has 1 aromatic carbocycles. The maximum Gasteiger partial charge on any atom is 0.119 e. The first kappa shape index (κ1) is 18.0. The second-order valence-corrected chi connectivity index (χ2v) is 7.84. The Kier molecular flexibility index (Phi) is 6.19. The third-order valence-electron chi connectivity index (χ3n) is 3.80. The Morgan fingerprint density at radius 1 is 1.22 bits per heavy atom. The van der Waals surface area contributed by atoms with E-state index in [0.717, 1.165) is 35.9 Å². The quantitative estimate of drug-likeness (QED) is 0.811. The number of aromatic nitrogens is 1. The van der Waals surface area contributed by atoms with Gasteiger partial charge in [0, 0.05) is 23.3 Å². The first-order valence-electron chi connectivity index (χ1n) is 8.31. The first-order valence-corrected chi connectivity index (χ1v) is 9.19. The standard InChI is InChI=1S/C19H28N2OS/c1-5-10-22-16-8-6-14(7-9-16)11-15(12-20)18-21-17(13-23-18)19(2,3)4/h6-9,13,15H,5,10-12,20H2,1-4H3. The molecule has 0 saturated carbocycles. The molecule has 0 aliphatic rings. The van der Waals surface area contributed by atoms with Gasteiger partial charge in [0.2, 0.25) is 0 Å². The summed E-state index contributed by atoms with van der Waals surface area (Å²) in [5, 5.41) is 3.31. The Morgan fingerprint density at radius 2 is 1.91 bits per heavy atom. The Hall–Kier alpha value is -1.39. The number of thiazole rings is 1. The highest BCUT2D eigenvalue weighted by Gasteiger charge is 2.21. The molecule has 0 radical (unpaired) electrons. The maximum atomic E-state index is 6.01. The van der Waals surface area contributed by atoms with Crippen LogP contribution < -0.4 is 10.5 Å². The second kappa shape index (κ2) is 7.93. The summed E-state index contributed by atoms with van der Waals surface area (Å²) in [4.78, 5) is 4.82. The predicted molar refractivity (Wildman–Crippen MR) is 98.5 cm³/mol. The Bertz CT molecular complexity index is 599. The van der Waals surface area contributed by atoms with Crippen molar-refractivity contribution in [1.82, 2.24) is 4.98 Å².